The van der Waals surface area contributed by atoms with Gasteiger partial charge in [0.1, 0.15) is 0 Å². The van der Waals surface area contributed by atoms with Crippen molar-refractivity contribution < 1.29 is 4.79 Å². The van der Waals surface area contributed by atoms with E-state index < -0.39 is 0 Å². The number of rotatable bonds is 5. The second-order valence-corrected chi connectivity index (χ2v) is 5.40. The minimum Gasteiger partial charge on any atom is -0.329 e. The van der Waals surface area contributed by atoms with Crippen LogP contribution in [0, 0.1) is 6.92 Å². The van der Waals surface area contributed by atoms with Crippen molar-refractivity contribution in [3.63, 3.8) is 0 Å². The van der Waals surface area contributed by atoms with Crippen LogP contribution < -0.4 is 5.32 Å². The van der Waals surface area contributed by atoms with Gasteiger partial charge in [0.05, 0.1) is 0 Å². The number of nitrogens with one attached hydrogen (secondary N) is 1. The second-order valence-electron chi connectivity index (χ2n) is 4.34. The average molecular weight is 275 g/mol. The second kappa shape index (κ2) is 6.43. The lowest BCUT2D eigenvalue weighted by atomic mass is 10.2. The van der Waals surface area contributed by atoms with Crippen molar-refractivity contribution in [2.45, 2.75) is 18.5 Å². The van der Waals surface area contributed by atoms with E-state index in [-0.39, 0.29) is 5.91 Å². The lowest BCUT2D eigenvalue weighted by Crippen LogP contribution is -2.12. The van der Waals surface area contributed by atoms with Crippen molar-refractivity contribution in [3.05, 3.63) is 42.2 Å². The largest absolute Gasteiger partial charge is 0.329 e. The standard InChI is InChI=1S/C14H17N3OS/c1-11-4-3-5-12(10-11)16-13(18)6-9-19-14-15-7-8-17(14)2/h3-5,7-8,10H,6,9H2,1-2H3,(H,16,18). The van der Waals surface area contributed by atoms with Crippen LogP contribution in [0.4, 0.5) is 5.69 Å². The summed E-state index contributed by atoms with van der Waals surface area (Å²) >= 11 is 1.59. The van der Waals surface area contributed by atoms with Crippen LogP contribution >= 0.6 is 11.8 Å². The molecule has 1 amide bonds. The van der Waals surface area contributed by atoms with Crippen LogP contribution in [-0.4, -0.2) is 21.2 Å². The number of amides is 1. The van der Waals surface area contributed by atoms with Gasteiger partial charge in [-0.1, -0.05) is 23.9 Å². The van der Waals surface area contributed by atoms with Crippen molar-refractivity contribution >= 4 is 23.4 Å². The quantitative estimate of drug-likeness (QED) is 0.854. The summed E-state index contributed by atoms with van der Waals surface area (Å²) in [5.74, 6) is 0.759. The van der Waals surface area contributed by atoms with Gasteiger partial charge in [0.15, 0.2) is 5.16 Å². The maximum absolute atomic E-state index is 11.8. The molecule has 1 aromatic carbocycles. The van der Waals surface area contributed by atoms with Crippen LogP contribution in [0.5, 0.6) is 0 Å². The Morgan fingerprint density at radius 2 is 2.32 bits per heavy atom. The summed E-state index contributed by atoms with van der Waals surface area (Å²) in [4.78, 5) is 16.0. The first kappa shape index (κ1) is 13.7. The first-order valence-corrected chi connectivity index (χ1v) is 7.10. The average Bonchev–Trinajstić information content (AvgIpc) is 2.75. The predicted molar refractivity (Wildman–Crippen MR) is 78.4 cm³/mol. The molecule has 1 N–H and O–H groups in total. The van der Waals surface area contributed by atoms with Gasteiger partial charge < -0.3 is 9.88 Å². The maximum atomic E-state index is 11.8. The number of carbonyl (C=O) groups is 1. The molecule has 0 spiro atoms. The van der Waals surface area contributed by atoms with Gasteiger partial charge in [0.25, 0.3) is 0 Å². The zero-order chi connectivity index (χ0) is 13.7. The number of carbonyl (C=O) groups excluding carboxylic acids is 1. The fourth-order valence-corrected chi connectivity index (χ4v) is 2.54. The van der Waals surface area contributed by atoms with Gasteiger partial charge in [0, 0.05) is 37.3 Å². The first-order valence-electron chi connectivity index (χ1n) is 6.12. The van der Waals surface area contributed by atoms with Gasteiger partial charge in [-0.05, 0) is 24.6 Å². The highest BCUT2D eigenvalue weighted by atomic mass is 32.2. The highest BCUT2D eigenvalue weighted by Crippen LogP contribution is 2.16. The zero-order valence-electron chi connectivity index (χ0n) is 11.1. The van der Waals surface area contributed by atoms with Crippen LogP contribution in [0.3, 0.4) is 0 Å². The van der Waals surface area contributed by atoms with E-state index in [0.29, 0.717) is 6.42 Å². The van der Waals surface area contributed by atoms with E-state index in [0.717, 1.165) is 22.2 Å². The third kappa shape index (κ3) is 4.13. The molecule has 1 aromatic heterocycles. The van der Waals surface area contributed by atoms with Crippen molar-refractivity contribution in [2.75, 3.05) is 11.1 Å². The SMILES string of the molecule is Cc1cccc(NC(=O)CCSc2nccn2C)c1. The predicted octanol–water partition coefficient (Wildman–Crippen LogP) is 2.85. The number of imidazole rings is 1. The topological polar surface area (TPSA) is 46.9 Å². The molecule has 4 nitrogen and oxygen atoms in total. The number of aryl methyl sites for hydroxylation is 2. The molecule has 5 heteroatoms. The third-order valence-electron chi connectivity index (χ3n) is 2.64. The van der Waals surface area contributed by atoms with Crippen molar-refractivity contribution in [2.24, 2.45) is 7.05 Å². The molecule has 100 valence electrons. The zero-order valence-corrected chi connectivity index (χ0v) is 11.9. The third-order valence-corrected chi connectivity index (χ3v) is 3.70. The van der Waals surface area contributed by atoms with Gasteiger partial charge in [-0.15, -0.1) is 0 Å². The number of benzene rings is 1. The van der Waals surface area contributed by atoms with E-state index in [1.165, 1.54) is 0 Å². The Morgan fingerprint density at radius 1 is 1.47 bits per heavy atom. The molecule has 0 saturated carbocycles. The van der Waals surface area contributed by atoms with Gasteiger partial charge >= 0.3 is 0 Å². The Hall–Kier alpha value is -1.75. The van der Waals surface area contributed by atoms with Crippen LogP contribution in [0.15, 0.2) is 41.8 Å². The van der Waals surface area contributed by atoms with E-state index in [4.69, 9.17) is 0 Å². The summed E-state index contributed by atoms with van der Waals surface area (Å²) in [6, 6.07) is 7.81. The minimum absolute atomic E-state index is 0.0345. The van der Waals surface area contributed by atoms with Gasteiger partial charge in [-0.3, -0.25) is 4.79 Å². The summed E-state index contributed by atoms with van der Waals surface area (Å²) in [5, 5.41) is 3.83. The molecule has 0 aliphatic heterocycles. The molecule has 0 bridgehead atoms. The number of anilines is 1. The van der Waals surface area contributed by atoms with Crippen molar-refractivity contribution in [1.29, 1.82) is 0 Å². The number of hydrogen-bond donors (Lipinski definition) is 1. The normalized spacial score (nSPS) is 10.4. The molecule has 0 saturated heterocycles. The molecular weight excluding hydrogens is 258 g/mol. The monoisotopic (exact) mass is 275 g/mol. The Labute approximate surface area is 117 Å². The summed E-state index contributed by atoms with van der Waals surface area (Å²) in [6.07, 6.45) is 4.13. The summed E-state index contributed by atoms with van der Waals surface area (Å²) in [5.41, 5.74) is 1.99. The highest BCUT2D eigenvalue weighted by Gasteiger charge is 2.05. The smallest absolute Gasteiger partial charge is 0.225 e. The van der Waals surface area contributed by atoms with E-state index >= 15 is 0 Å². The summed E-state index contributed by atoms with van der Waals surface area (Å²) in [7, 11) is 1.95. The lowest BCUT2D eigenvalue weighted by Gasteiger charge is -2.06. The molecule has 19 heavy (non-hydrogen) atoms. The fraction of sp³-hybridized carbons (Fsp3) is 0.286. The molecule has 0 aliphatic rings. The van der Waals surface area contributed by atoms with Gasteiger partial charge in [0.2, 0.25) is 5.91 Å². The van der Waals surface area contributed by atoms with E-state index in [9.17, 15) is 4.79 Å². The molecule has 0 radical (unpaired) electrons. The maximum Gasteiger partial charge on any atom is 0.225 e. The Balaban J connectivity index is 1.77. The molecule has 1 heterocycles. The molecule has 2 rings (SSSR count). The lowest BCUT2D eigenvalue weighted by molar-refractivity contribution is -0.115. The van der Waals surface area contributed by atoms with E-state index in [1.807, 2.05) is 49.0 Å². The Kier molecular flexibility index (Phi) is 4.63. The number of thioether (sulfide) groups is 1. The van der Waals surface area contributed by atoms with Crippen LogP contribution in [-0.2, 0) is 11.8 Å². The van der Waals surface area contributed by atoms with Crippen molar-refractivity contribution in [1.82, 2.24) is 9.55 Å². The van der Waals surface area contributed by atoms with Crippen LogP contribution in [0.25, 0.3) is 0 Å². The number of aromatic nitrogens is 2. The molecule has 0 atom stereocenters. The molecule has 2 aromatic rings. The minimum atomic E-state index is 0.0345. The molecular formula is C14H17N3OS. The van der Waals surface area contributed by atoms with E-state index in [1.54, 1.807) is 18.0 Å². The molecule has 0 fully saturated rings. The fourth-order valence-electron chi connectivity index (χ4n) is 1.67. The summed E-state index contributed by atoms with van der Waals surface area (Å²) in [6.45, 7) is 2.01. The number of hydrogen-bond acceptors (Lipinski definition) is 3. The number of nitrogens with zero attached hydrogens (tertiary/aromatic N) is 2. The molecule has 0 unspecified atom stereocenters. The summed E-state index contributed by atoms with van der Waals surface area (Å²) < 4.78 is 1.95. The first-order chi connectivity index (χ1) is 9.15. The van der Waals surface area contributed by atoms with Crippen LogP contribution in [0.1, 0.15) is 12.0 Å². The van der Waals surface area contributed by atoms with Gasteiger partial charge in [-0.25, -0.2) is 4.98 Å². The van der Waals surface area contributed by atoms with E-state index in [2.05, 4.69) is 10.3 Å². The van der Waals surface area contributed by atoms with Crippen molar-refractivity contribution in [3.8, 4) is 0 Å². The highest BCUT2D eigenvalue weighted by molar-refractivity contribution is 7.99. The van der Waals surface area contributed by atoms with Crippen LogP contribution in [0.2, 0.25) is 0 Å². The molecule has 0 aliphatic carbocycles. The Bertz CT molecular complexity index is 565. The van der Waals surface area contributed by atoms with Gasteiger partial charge in [-0.2, -0.15) is 0 Å². The Morgan fingerprint density at radius 3 is 3.00 bits per heavy atom.